The molecule has 5 nitrogen and oxygen atoms in total. The number of benzene rings is 3. The number of rotatable bonds is 2. The monoisotopic (exact) mass is 296 g/mol. The maximum Gasteiger partial charge on any atom is 0.336 e. The van der Waals surface area contributed by atoms with Crippen LogP contribution < -0.4 is 14.2 Å². The van der Waals surface area contributed by atoms with Gasteiger partial charge < -0.3 is 19.3 Å². The van der Waals surface area contributed by atoms with Gasteiger partial charge in [-0.05, 0) is 57.9 Å². The van der Waals surface area contributed by atoms with Crippen molar-refractivity contribution in [3.05, 3.63) is 42.0 Å². The Morgan fingerprint density at radius 1 is 1.05 bits per heavy atom. The highest BCUT2D eigenvalue weighted by molar-refractivity contribution is 6.16. The number of ether oxygens (including phenoxy) is 3. The van der Waals surface area contributed by atoms with Crippen LogP contribution in [0.2, 0.25) is 0 Å². The Kier molecular flexibility index (Phi) is 2.63. The number of fused-ring (bicyclic) bond motifs is 4. The van der Waals surface area contributed by atoms with Gasteiger partial charge in [-0.15, -0.1) is 0 Å². The highest BCUT2D eigenvalue weighted by Gasteiger charge is 2.18. The summed E-state index contributed by atoms with van der Waals surface area (Å²) in [6.45, 7) is 0.179. The van der Waals surface area contributed by atoms with E-state index in [0.29, 0.717) is 22.6 Å². The molecule has 0 saturated heterocycles. The van der Waals surface area contributed by atoms with Crippen molar-refractivity contribution in [2.24, 2.45) is 0 Å². The number of carboxylic acids is 1. The van der Waals surface area contributed by atoms with Crippen LogP contribution in [0.25, 0.3) is 21.5 Å². The molecule has 0 aromatic heterocycles. The molecule has 0 atom stereocenters. The van der Waals surface area contributed by atoms with Gasteiger partial charge in [0, 0.05) is 0 Å². The Hall–Kier alpha value is -2.95. The average Bonchev–Trinajstić information content (AvgIpc) is 2.98. The summed E-state index contributed by atoms with van der Waals surface area (Å²) in [5.41, 5.74) is 0.254. The zero-order valence-electron chi connectivity index (χ0n) is 11.8. The highest BCUT2D eigenvalue weighted by atomic mass is 16.7. The van der Waals surface area contributed by atoms with Gasteiger partial charge in [0.15, 0.2) is 11.5 Å². The Balaban J connectivity index is 2.17. The van der Waals surface area contributed by atoms with E-state index in [2.05, 4.69) is 0 Å². The minimum atomic E-state index is -0.963. The number of carbonyl (C=O) groups is 1. The number of aromatic carboxylic acids is 1. The lowest BCUT2D eigenvalue weighted by atomic mass is 9.96. The lowest BCUT2D eigenvalue weighted by molar-refractivity contribution is 0.0699. The summed E-state index contributed by atoms with van der Waals surface area (Å²) >= 11 is 0. The predicted octanol–water partition coefficient (Wildman–Crippen LogP) is 3.43. The smallest absolute Gasteiger partial charge is 0.336 e. The van der Waals surface area contributed by atoms with Gasteiger partial charge in [0.25, 0.3) is 0 Å². The maximum atomic E-state index is 11.6. The molecule has 3 aromatic rings. The summed E-state index contributed by atoms with van der Waals surface area (Å²) in [7, 11) is 1.58. The van der Waals surface area contributed by atoms with Crippen LogP contribution in [0.3, 0.4) is 0 Å². The van der Waals surface area contributed by atoms with Crippen LogP contribution in [-0.2, 0) is 0 Å². The van der Waals surface area contributed by atoms with Crippen molar-refractivity contribution in [2.75, 3.05) is 13.9 Å². The molecule has 4 rings (SSSR count). The number of carboxylic acid groups (broad SMARTS) is 1. The first-order valence-corrected chi connectivity index (χ1v) is 6.75. The first kappa shape index (κ1) is 12.8. The van der Waals surface area contributed by atoms with E-state index in [1.807, 2.05) is 18.2 Å². The van der Waals surface area contributed by atoms with E-state index < -0.39 is 5.97 Å². The predicted molar refractivity (Wildman–Crippen MR) is 81.1 cm³/mol. The van der Waals surface area contributed by atoms with E-state index in [1.165, 1.54) is 0 Å². The largest absolute Gasteiger partial charge is 0.497 e. The van der Waals surface area contributed by atoms with E-state index in [1.54, 1.807) is 25.3 Å². The molecule has 0 fully saturated rings. The normalized spacial score (nSPS) is 12.8. The minimum absolute atomic E-state index is 0.179. The van der Waals surface area contributed by atoms with E-state index >= 15 is 0 Å². The first-order valence-electron chi connectivity index (χ1n) is 6.75. The Bertz CT molecular complexity index is 929. The Morgan fingerprint density at radius 2 is 1.82 bits per heavy atom. The van der Waals surface area contributed by atoms with Gasteiger partial charge in [0.1, 0.15) is 5.75 Å². The molecule has 1 aliphatic heterocycles. The van der Waals surface area contributed by atoms with Gasteiger partial charge >= 0.3 is 5.97 Å². The van der Waals surface area contributed by atoms with Crippen molar-refractivity contribution in [3.8, 4) is 17.2 Å². The van der Waals surface area contributed by atoms with Crippen molar-refractivity contribution in [2.45, 2.75) is 0 Å². The van der Waals surface area contributed by atoms with E-state index in [9.17, 15) is 9.90 Å². The van der Waals surface area contributed by atoms with Crippen molar-refractivity contribution in [3.63, 3.8) is 0 Å². The summed E-state index contributed by atoms with van der Waals surface area (Å²) in [4.78, 5) is 11.6. The van der Waals surface area contributed by atoms with Gasteiger partial charge in [-0.25, -0.2) is 4.79 Å². The van der Waals surface area contributed by atoms with Crippen LogP contribution in [0, 0.1) is 0 Å². The zero-order chi connectivity index (χ0) is 15.3. The second-order valence-corrected chi connectivity index (χ2v) is 5.07. The van der Waals surface area contributed by atoms with Crippen LogP contribution >= 0.6 is 0 Å². The van der Waals surface area contributed by atoms with Crippen LogP contribution in [0.1, 0.15) is 10.4 Å². The molecule has 0 radical (unpaired) electrons. The highest BCUT2D eigenvalue weighted by Crippen LogP contribution is 2.40. The van der Waals surface area contributed by atoms with Crippen molar-refractivity contribution >= 4 is 27.5 Å². The van der Waals surface area contributed by atoms with Crippen LogP contribution in [0.5, 0.6) is 17.2 Å². The first-order chi connectivity index (χ1) is 10.7. The van der Waals surface area contributed by atoms with Gasteiger partial charge in [-0.3, -0.25) is 0 Å². The zero-order valence-corrected chi connectivity index (χ0v) is 11.8. The van der Waals surface area contributed by atoms with Crippen molar-refractivity contribution < 1.29 is 24.1 Å². The molecule has 1 aliphatic rings. The molecule has 3 aromatic carbocycles. The van der Waals surface area contributed by atoms with Crippen LogP contribution in [0.15, 0.2) is 36.4 Å². The maximum absolute atomic E-state index is 11.6. The molecule has 0 amide bonds. The third kappa shape index (κ3) is 1.75. The molecule has 1 N–H and O–H groups in total. The fraction of sp³-hybridized carbons (Fsp3) is 0.118. The second kappa shape index (κ2) is 4.53. The topological polar surface area (TPSA) is 65.0 Å². The molecule has 0 saturated carbocycles. The average molecular weight is 296 g/mol. The SMILES string of the molecule is COc1ccc2c(C(=O)O)cc3cc4c(cc3c2c1)OCO4. The van der Waals surface area contributed by atoms with Gasteiger partial charge in [0.2, 0.25) is 6.79 Å². The standard InChI is InChI=1S/C17H12O5/c1-20-10-2-3-11-13(6-10)12-7-16-15(21-8-22-16)5-9(12)4-14(11)17(18)19/h2-7H,8H2,1H3,(H,18,19). The molecule has 110 valence electrons. The minimum Gasteiger partial charge on any atom is -0.497 e. The lowest BCUT2D eigenvalue weighted by Crippen LogP contribution is -1.98. The van der Waals surface area contributed by atoms with Crippen molar-refractivity contribution in [1.82, 2.24) is 0 Å². The third-order valence-electron chi connectivity index (χ3n) is 3.88. The van der Waals surface area contributed by atoms with E-state index in [4.69, 9.17) is 14.2 Å². The molecular weight excluding hydrogens is 284 g/mol. The quantitative estimate of drug-likeness (QED) is 0.734. The second-order valence-electron chi connectivity index (χ2n) is 5.07. The summed E-state index contributed by atoms with van der Waals surface area (Å²) in [6.07, 6.45) is 0. The van der Waals surface area contributed by atoms with Gasteiger partial charge in [-0.2, -0.15) is 0 Å². The molecule has 0 aliphatic carbocycles. The molecule has 5 heteroatoms. The molecule has 1 heterocycles. The number of hydrogen-bond acceptors (Lipinski definition) is 4. The molecule has 0 spiro atoms. The fourth-order valence-electron chi connectivity index (χ4n) is 2.83. The molecule has 0 bridgehead atoms. The number of methoxy groups -OCH3 is 1. The summed E-state index contributed by atoms with van der Waals surface area (Å²) in [5, 5.41) is 12.7. The number of hydrogen-bond donors (Lipinski definition) is 1. The fourth-order valence-corrected chi connectivity index (χ4v) is 2.83. The molecule has 0 unspecified atom stereocenters. The Morgan fingerprint density at radius 3 is 2.55 bits per heavy atom. The van der Waals surface area contributed by atoms with E-state index in [0.717, 1.165) is 16.2 Å². The Labute approximate surface area is 125 Å². The third-order valence-corrected chi connectivity index (χ3v) is 3.88. The van der Waals surface area contributed by atoms with Crippen LogP contribution in [0.4, 0.5) is 0 Å². The summed E-state index contributed by atoms with van der Waals surface area (Å²) in [5.74, 6) is 1.01. The van der Waals surface area contributed by atoms with E-state index in [-0.39, 0.29) is 12.4 Å². The summed E-state index contributed by atoms with van der Waals surface area (Å²) in [6, 6.07) is 10.7. The van der Waals surface area contributed by atoms with Gasteiger partial charge in [-0.1, -0.05) is 0 Å². The lowest BCUT2D eigenvalue weighted by Gasteiger charge is -2.10. The molecular formula is C17H12O5. The van der Waals surface area contributed by atoms with Crippen LogP contribution in [-0.4, -0.2) is 25.0 Å². The van der Waals surface area contributed by atoms with Crippen molar-refractivity contribution in [1.29, 1.82) is 0 Å². The molecule has 22 heavy (non-hydrogen) atoms. The van der Waals surface area contributed by atoms with Gasteiger partial charge in [0.05, 0.1) is 12.7 Å². The summed E-state index contributed by atoms with van der Waals surface area (Å²) < 4.78 is 16.1.